The maximum absolute atomic E-state index is 14.2. The summed E-state index contributed by atoms with van der Waals surface area (Å²) in [4.78, 5) is 81.9. The van der Waals surface area contributed by atoms with E-state index >= 15 is 0 Å². The largest absolute Gasteiger partial charge is 0.395 e. The van der Waals surface area contributed by atoms with Crippen LogP contribution in [0.4, 0.5) is 11.4 Å². The highest BCUT2D eigenvalue weighted by Crippen LogP contribution is 2.40. The molecule has 15 N–H and O–H groups in total. The Labute approximate surface area is 398 Å². The SMILES string of the molecule is NC(=O)c1c(I)c(C(=O)NC(O)C(O)CO)c(I)c(N(CCO)C(=O)C(O)C(=O)N(CCO)c2c(I)c(C(N)=O)c(I)c(C(=O)NC(O)C(O)CO)c2I)c1I. The van der Waals surface area contributed by atoms with E-state index in [1.807, 2.05) is 10.6 Å². The van der Waals surface area contributed by atoms with Crippen molar-refractivity contribution >= 4 is 182 Å². The van der Waals surface area contributed by atoms with Crippen molar-refractivity contribution in [3.8, 4) is 0 Å². The van der Waals surface area contributed by atoms with E-state index in [1.165, 1.54) is 0 Å². The Morgan fingerprint density at radius 1 is 0.518 bits per heavy atom. The van der Waals surface area contributed by atoms with Gasteiger partial charge in [0, 0.05) is 20.2 Å². The Balaban J connectivity index is 2.88. The number of hydrogen-bond acceptors (Lipinski definition) is 15. The molecule has 0 fully saturated rings. The van der Waals surface area contributed by atoms with E-state index in [0.717, 1.165) is 0 Å². The molecule has 56 heavy (non-hydrogen) atoms. The van der Waals surface area contributed by atoms with Crippen LogP contribution in [0.25, 0.3) is 0 Å². The topological polar surface area (TPSA) is 367 Å². The van der Waals surface area contributed by atoms with Crippen LogP contribution in [0.15, 0.2) is 0 Å². The van der Waals surface area contributed by atoms with E-state index in [4.69, 9.17) is 11.5 Å². The summed E-state index contributed by atoms with van der Waals surface area (Å²) in [7, 11) is 0. The van der Waals surface area contributed by atoms with Crippen molar-refractivity contribution in [1.82, 2.24) is 10.6 Å². The van der Waals surface area contributed by atoms with Gasteiger partial charge in [-0.05, 0) is 136 Å². The van der Waals surface area contributed by atoms with Gasteiger partial charge in [-0.3, -0.25) is 28.8 Å². The van der Waals surface area contributed by atoms with Gasteiger partial charge >= 0.3 is 0 Å². The molecule has 0 saturated heterocycles. The summed E-state index contributed by atoms with van der Waals surface area (Å²) in [5, 5.41) is 93.8. The minimum atomic E-state index is -2.70. The quantitative estimate of drug-likeness (QED) is 0.0403. The first-order valence-electron chi connectivity index (χ1n) is 15.2. The summed E-state index contributed by atoms with van der Waals surface area (Å²) in [5.74, 6) is -7.35. The Bertz CT molecular complexity index is 1760. The zero-order valence-electron chi connectivity index (χ0n) is 27.9. The number of benzene rings is 2. The number of aliphatic hydroxyl groups is 9. The monoisotopic (exact) mass is 1470 g/mol. The molecule has 0 saturated carbocycles. The van der Waals surface area contributed by atoms with Crippen LogP contribution in [0.2, 0.25) is 0 Å². The maximum Gasteiger partial charge on any atom is 0.265 e. The number of amides is 6. The van der Waals surface area contributed by atoms with Crippen LogP contribution in [-0.4, -0.2) is 152 Å². The third kappa shape index (κ3) is 11.3. The Kier molecular flexibility index (Phi) is 20.9. The van der Waals surface area contributed by atoms with E-state index < -0.39 is 106 Å². The Hall–Kier alpha value is -0.720. The summed E-state index contributed by atoms with van der Waals surface area (Å²) in [6.07, 6.45) is -10.3. The number of rotatable bonds is 18. The second-order valence-corrected chi connectivity index (χ2v) is 17.4. The number of aliphatic hydroxyl groups excluding tert-OH is 9. The van der Waals surface area contributed by atoms with Crippen LogP contribution < -0.4 is 31.9 Å². The van der Waals surface area contributed by atoms with Gasteiger partial charge < -0.3 is 77.9 Å². The van der Waals surface area contributed by atoms with Crippen molar-refractivity contribution in [3.63, 3.8) is 0 Å². The number of primary amides is 2. The molecule has 0 aliphatic carbocycles. The van der Waals surface area contributed by atoms with Crippen molar-refractivity contribution in [3.05, 3.63) is 43.7 Å². The summed E-state index contributed by atoms with van der Waals surface area (Å²) >= 11 is 9.64. The number of carbonyl (C=O) groups is 6. The molecule has 6 amide bonds. The second kappa shape index (κ2) is 22.8. The number of anilines is 2. The number of hydrogen-bond donors (Lipinski definition) is 13. The Morgan fingerprint density at radius 2 is 0.804 bits per heavy atom. The van der Waals surface area contributed by atoms with E-state index in [2.05, 4.69) is 0 Å². The molecular weight excluding hydrogens is 1430 g/mol. The first-order chi connectivity index (χ1) is 26.1. The lowest BCUT2D eigenvalue weighted by Crippen LogP contribution is -2.52. The van der Waals surface area contributed by atoms with E-state index in [-0.39, 0.29) is 55.0 Å². The molecule has 310 valence electrons. The van der Waals surface area contributed by atoms with E-state index in [1.54, 1.807) is 136 Å². The molecular formula is C29H32I6N6O15. The molecule has 0 aliphatic rings. The molecule has 0 bridgehead atoms. The predicted octanol–water partition coefficient (Wildman–Crippen LogP) is -2.97. The molecule has 21 nitrogen and oxygen atoms in total. The summed E-state index contributed by atoms with van der Waals surface area (Å²) in [6, 6.07) is 0. The zero-order chi connectivity index (χ0) is 43.1. The first-order valence-corrected chi connectivity index (χ1v) is 21.6. The minimum absolute atomic E-state index is 0.0793. The van der Waals surface area contributed by atoms with Crippen LogP contribution in [0.3, 0.4) is 0 Å². The molecule has 0 spiro atoms. The third-order valence-corrected chi connectivity index (χ3v) is 13.7. The van der Waals surface area contributed by atoms with E-state index in [0.29, 0.717) is 9.80 Å². The van der Waals surface area contributed by atoms with Crippen molar-refractivity contribution < 1.29 is 74.7 Å². The van der Waals surface area contributed by atoms with Gasteiger partial charge in [0.05, 0.1) is 74.3 Å². The van der Waals surface area contributed by atoms with Crippen molar-refractivity contribution in [1.29, 1.82) is 0 Å². The first kappa shape index (κ1) is 51.4. The molecule has 4 unspecified atom stereocenters. The molecule has 27 heteroatoms. The number of nitrogens with zero attached hydrogens (tertiary/aromatic N) is 2. The highest BCUT2D eigenvalue weighted by Gasteiger charge is 2.40. The third-order valence-electron chi connectivity index (χ3n) is 7.38. The van der Waals surface area contributed by atoms with Gasteiger partial charge in [0.15, 0.2) is 12.5 Å². The molecule has 0 radical (unpaired) electrons. The lowest BCUT2D eigenvalue weighted by molar-refractivity contribution is -0.138. The van der Waals surface area contributed by atoms with Gasteiger partial charge in [-0.2, -0.15) is 0 Å². The molecule has 0 heterocycles. The van der Waals surface area contributed by atoms with Crippen LogP contribution in [0.5, 0.6) is 0 Å². The predicted molar refractivity (Wildman–Crippen MR) is 244 cm³/mol. The fourth-order valence-corrected chi connectivity index (χ4v) is 14.2. The Morgan fingerprint density at radius 3 is 1.05 bits per heavy atom. The van der Waals surface area contributed by atoms with Gasteiger partial charge in [0.25, 0.3) is 35.4 Å². The van der Waals surface area contributed by atoms with Crippen molar-refractivity contribution in [2.45, 2.75) is 30.8 Å². The molecule has 2 aromatic rings. The number of nitrogens with two attached hydrogens (primary N) is 2. The maximum atomic E-state index is 14.2. The van der Waals surface area contributed by atoms with Crippen LogP contribution >= 0.6 is 136 Å². The van der Waals surface area contributed by atoms with Crippen LogP contribution in [-0.2, 0) is 9.59 Å². The van der Waals surface area contributed by atoms with Crippen molar-refractivity contribution in [2.75, 3.05) is 49.3 Å². The standard InChI is InChI=1S/C29H32I6N6O15/c30-13-9(22(36)49)15(32)19(17(34)11(13)26(53)38-24(51)7(46)5-44)40(1-3-42)28(55)21(48)29(56)41(2-4-43)20-16(33)10(23(37)50)14(31)12(18(20)35)27(54)39-25(52)8(47)6-45/h7-8,21,24-25,42-48,51-52H,1-6H2,(H2,36,49)(H2,37,50)(H,38,53)(H,39,54). The lowest BCUT2D eigenvalue weighted by atomic mass is 10.1. The van der Waals surface area contributed by atoms with Gasteiger partial charge in [-0.15, -0.1) is 0 Å². The molecule has 0 aliphatic heterocycles. The number of carbonyl (C=O) groups excluding carboxylic acids is 6. The lowest BCUT2D eigenvalue weighted by Gasteiger charge is -2.32. The van der Waals surface area contributed by atoms with Gasteiger partial charge in [0.2, 0.25) is 6.10 Å². The fraction of sp³-hybridized carbons (Fsp3) is 0.379. The van der Waals surface area contributed by atoms with Crippen LogP contribution in [0.1, 0.15) is 41.4 Å². The highest BCUT2D eigenvalue weighted by molar-refractivity contribution is 14.1. The van der Waals surface area contributed by atoms with Gasteiger partial charge in [-0.25, -0.2) is 0 Å². The van der Waals surface area contributed by atoms with Crippen LogP contribution in [0, 0.1) is 21.4 Å². The molecule has 2 aromatic carbocycles. The summed E-state index contributed by atoms with van der Waals surface area (Å²) in [6.45, 7) is -4.87. The molecule has 4 atom stereocenters. The molecule has 0 aromatic heterocycles. The van der Waals surface area contributed by atoms with Gasteiger partial charge in [0.1, 0.15) is 12.2 Å². The van der Waals surface area contributed by atoms with E-state index in [9.17, 15) is 74.7 Å². The summed E-state index contributed by atoms with van der Waals surface area (Å²) in [5.41, 5.74) is 9.25. The minimum Gasteiger partial charge on any atom is -0.395 e. The van der Waals surface area contributed by atoms with Gasteiger partial charge in [-0.1, -0.05) is 0 Å². The fourth-order valence-electron chi connectivity index (χ4n) is 4.68. The number of halogens is 6. The average Bonchev–Trinajstić information content (AvgIpc) is 3.11. The molecule has 2 rings (SSSR count). The zero-order valence-corrected chi connectivity index (χ0v) is 40.9. The number of nitrogens with one attached hydrogen (secondary N) is 2. The highest BCUT2D eigenvalue weighted by atomic mass is 127. The average molecular weight is 1470 g/mol. The second-order valence-electron chi connectivity index (χ2n) is 11.0. The summed E-state index contributed by atoms with van der Waals surface area (Å²) < 4.78 is -0.580. The van der Waals surface area contributed by atoms with Crippen molar-refractivity contribution in [2.24, 2.45) is 11.5 Å². The smallest absolute Gasteiger partial charge is 0.265 e. The normalized spacial score (nSPS) is 13.9.